The van der Waals surface area contributed by atoms with Crippen LogP contribution in [0.25, 0.3) is 0 Å². The number of hydrogen-bond donors (Lipinski definition) is 1. The number of esters is 2. The number of carboxylic acid groups (broad SMARTS) is 1. The van der Waals surface area contributed by atoms with Crippen LogP contribution in [0.1, 0.15) is 142 Å². The van der Waals surface area contributed by atoms with Crippen LogP contribution in [-0.2, 0) is 28.6 Å². The summed E-state index contributed by atoms with van der Waals surface area (Å²) in [6.45, 7) is 4.47. The molecule has 0 saturated carbocycles. The van der Waals surface area contributed by atoms with Crippen LogP contribution in [0.4, 0.5) is 0 Å². The molecular weight excluding hydrogens is 618 g/mol. The Morgan fingerprint density at radius 3 is 1.78 bits per heavy atom. The molecule has 2 atom stereocenters. The molecule has 0 fully saturated rings. The summed E-state index contributed by atoms with van der Waals surface area (Å²) < 4.78 is 17.0. The van der Waals surface area contributed by atoms with Gasteiger partial charge in [-0.15, -0.1) is 0 Å². The maximum atomic E-state index is 12.5. The van der Waals surface area contributed by atoms with E-state index in [0.717, 1.165) is 51.4 Å². The van der Waals surface area contributed by atoms with Gasteiger partial charge in [0.25, 0.3) is 0 Å². The number of hydrogen-bond acceptors (Lipinski definition) is 6. The van der Waals surface area contributed by atoms with Gasteiger partial charge in [0.15, 0.2) is 12.1 Å². The summed E-state index contributed by atoms with van der Waals surface area (Å²) in [5.74, 6) is -1.64. The molecule has 8 nitrogen and oxygen atoms in total. The van der Waals surface area contributed by atoms with E-state index in [2.05, 4.69) is 50.3 Å². The highest BCUT2D eigenvalue weighted by molar-refractivity contribution is 5.72. The Balaban J connectivity index is 4.44. The zero-order chi connectivity index (χ0) is 36.4. The van der Waals surface area contributed by atoms with Crippen LogP contribution in [0.15, 0.2) is 48.6 Å². The molecule has 0 aliphatic carbocycles. The predicted octanol–water partition coefficient (Wildman–Crippen LogP) is 9.68. The van der Waals surface area contributed by atoms with E-state index in [9.17, 15) is 19.5 Å². The molecule has 0 aromatic carbocycles. The first-order valence-electron chi connectivity index (χ1n) is 19.2. The Bertz CT molecular complexity index is 948. The largest absolute Gasteiger partial charge is 0.477 e. The Hall–Kier alpha value is -2.71. The Labute approximate surface area is 299 Å². The molecule has 0 aliphatic heterocycles. The quantitative estimate of drug-likeness (QED) is 0.0317. The van der Waals surface area contributed by atoms with Crippen LogP contribution in [0, 0.1) is 0 Å². The van der Waals surface area contributed by atoms with Gasteiger partial charge in [-0.05, 0) is 51.4 Å². The van der Waals surface area contributed by atoms with Gasteiger partial charge in [0.2, 0.25) is 0 Å². The van der Waals surface area contributed by atoms with E-state index in [1.807, 2.05) is 27.2 Å². The average molecular weight is 691 g/mol. The maximum Gasteiger partial charge on any atom is 0.362 e. The lowest BCUT2D eigenvalue weighted by atomic mass is 10.1. The molecule has 0 spiro atoms. The van der Waals surface area contributed by atoms with Crippen molar-refractivity contribution in [2.24, 2.45) is 0 Å². The van der Waals surface area contributed by atoms with Gasteiger partial charge < -0.3 is 23.8 Å². The fourth-order valence-electron chi connectivity index (χ4n) is 5.27. The highest BCUT2D eigenvalue weighted by Crippen LogP contribution is 2.12. The fraction of sp³-hybridized carbons (Fsp3) is 0.732. The molecule has 0 radical (unpaired) electrons. The summed E-state index contributed by atoms with van der Waals surface area (Å²) in [4.78, 5) is 36.6. The van der Waals surface area contributed by atoms with Gasteiger partial charge >= 0.3 is 17.9 Å². The third-order valence-corrected chi connectivity index (χ3v) is 8.25. The van der Waals surface area contributed by atoms with E-state index in [0.29, 0.717) is 12.8 Å². The van der Waals surface area contributed by atoms with Crippen LogP contribution in [-0.4, -0.2) is 80.6 Å². The lowest BCUT2D eigenvalue weighted by Gasteiger charge is -2.31. The van der Waals surface area contributed by atoms with E-state index in [-0.39, 0.29) is 36.7 Å². The van der Waals surface area contributed by atoms with Crippen LogP contribution in [0.5, 0.6) is 0 Å². The highest BCUT2D eigenvalue weighted by Gasteiger charge is 2.31. The van der Waals surface area contributed by atoms with Gasteiger partial charge in [-0.1, -0.05) is 120 Å². The van der Waals surface area contributed by atoms with E-state index < -0.39 is 24.1 Å². The molecule has 0 heterocycles. The number of carbonyl (C=O) groups is 3. The Morgan fingerprint density at radius 2 is 1.20 bits per heavy atom. The number of rotatable bonds is 33. The minimum Gasteiger partial charge on any atom is -0.477 e. The van der Waals surface area contributed by atoms with Crippen molar-refractivity contribution in [2.75, 3.05) is 41.0 Å². The first-order valence-corrected chi connectivity index (χ1v) is 19.2. The van der Waals surface area contributed by atoms with Crippen molar-refractivity contribution in [3.8, 4) is 0 Å². The highest BCUT2D eigenvalue weighted by atomic mass is 16.6. The van der Waals surface area contributed by atoms with Crippen molar-refractivity contribution < 1.29 is 38.2 Å². The number of aliphatic carboxylic acids is 1. The molecular formula is C41H72NO7+. The fourth-order valence-corrected chi connectivity index (χ4v) is 5.27. The number of allylic oxidation sites excluding steroid dienone is 7. The van der Waals surface area contributed by atoms with Crippen LogP contribution >= 0.6 is 0 Å². The number of carbonyl (C=O) groups excluding carboxylic acids is 2. The second kappa shape index (κ2) is 32.5. The normalized spacial score (nSPS) is 13.6. The second-order valence-electron chi connectivity index (χ2n) is 13.8. The first-order chi connectivity index (χ1) is 23.6. The molecule has 1 N–H and O–H groups in total. The standard InChI is InChI=1S/C41H71NO7/c1-6-8-10-12-14-16-17-18-19-20-21-22-24-25-27-29-31-39(43)48-36-37(35-47-34-33-38(41(45)46)42(3,4)5)49-40(44)32-30-28-26-23-15-13-11-9-7-2/h9,11,15,19-20,23,28,30,37-38H,6-8,10,12-14,16-18,21-22,24-27,29,31-36H2,1-5H3/p+1/b11-9+,20-19+,23-15+,30-28+. The molecule has 0 amide bonds. The summed E-state index contributed by atoms with van der Waals surface area (Å²) in [7, 11) is 5.48. The van der Waals surface area contributed by atoms with Crippen molar-refractivity contribution in [3.05, 3.63) is 48.6 Å². The van der Waals surface area contributed by atoms with E-state index >= 15 is 0 Å². The molecule has 0 rings (SSSR count). The Kier molecular flexibility index (Phi) is 30.7. The first kappa shape index (κ1) is 46.3. The van der Waals surface area contributed by atoms with Gasteiger partial charge in [-0.25, -0.2) is 4.79 Å². The molecule has 0 aromatic heterocycles. The topological polar surface area (TPSA) is 99.1 Å². The van der Waals surface area contributed by atoms with E-state index in [1.165, 1.54) is 57.8 Å². The van der Waals surface area contributed by atoms with Crippen molar-refractivity contribution >= 4 is 17.9 Å². The van der Waals surface area contributed by atoms with Crippen molar-refractivity contribution in [1.82, 2.24) is 0 Å². The molecule has 8 heteroatoms. The third kappa shape index (κ3) is 31.0. The number of quaternary nitrogens is 1. The molecule has 0 saturated heterocycles. The summed E-state index contributed by atoms with van der Waals surface area (Å²) in [5.41, 5.74) is 0. The third-order valence-electron chi connectivity index (χ3n) is 8.25. The summed E-state index contributed by atoms with van der Waals surface area (Å²) in [6, 6.07) is -0.628. The molecule has 0 bridgehead atoms. The number of carboxylic acids is 1. The summed E-state index contributed by atoms with van der Waals surface area (Å²) >= 11 is 0. The van der Waals surface area contributed by atoms with Gasteiger partial charge in [-0.2, -0.15) is 0 Å². The minimum absolute atomic E-state index is 0.0216. The summed E-state index contributed by atoms with van der Waals surface area (Å²) in [5, 5.41) is 9.56. The average Bonchev–Trinajstić information content (AvgIpc) is 3.05. The SMILES string of the molecule is CC/C=C/C/C=C/C/C=C/CC(=O)OC(COCCC(C(=O)O)[N+](C)(C)C)COC(=O)CCCCCCC/C=C/CCCCCCCCC. The number of ether oxygens (including phenoxy) is 3. The minimum atomic E-state index is -0.891. The number of unbranched alkanes of at least 4 members (excludes halogenated alkanes) is 12. The van der Waals surface area contributed by atoms with Gasteiger partial charge in [0.1, 0.15) is 6.61 Å². The zero-order valence-corrected chi connectivity index (χ0v) is 31.9. The summed E-state index contributed by atoms with van der Waals surface area (Å²) in [6.07, 6.45) is 36.3. The number of nitrogens with zero attached hydrogens (tertiary/aromatic N) is 1. The van der Waals surface area contributed by atoms with Crippen LogP contribution in [0.2, 0.25) is 0 Å². The zero-order valence-electron chi connectivity index (χ0n) is 31.9. The lowest BCUT2D eigenvalue weighted by molar-refractivity contribution is -0.887. The number of likely N-dealkylation sites (N-methyl/N-ethyl adjacent to an activating group) is 1. The van der Waals surface area contributed by atoms with Crippen molar-refractivity contribution in [3.63, 3.8) is 0 Å². The molecule has 49 heavy (non-hydrogen) atoms. The van der Waals surface area contributed by atoms with Crippen LogP contribution in [0.3, 0.4) is 0 Å². The Morgan fingerprint density at radius 1 is 0.653 bits per heavy atom. The molecule has 282 valence electrons. The van der Waals surface area contributed by atoms with Gasteiger partial charge in [0.05, 0.1) is 40.8 Å². The van der Waals surface area contributed by atoms with Crippen molar-refractivity contribution in [1.29, 1.82) is 0 Å². The predicted molar refractivity (Wildman–Crippen MR) is 201 cm³/mol. The molecule has 0 aliphatic rings. The molecule has 0 aromatic rings. The smallest absolute Gasteiger partial charge is 0.362 e. The monoisotopic (exact) mass is 691 g/mol. The van der Waals surface area contributed by atoms with E-state index in [4.69, 9.17) is 14.2 Å². The van der Waals surface area contributed by atoms with E-state index in [1.54, 1.807) is 6.08 Å². The van der Waals surface area contributed by atoms with Gasteiger partial charge in [0, 0.05) is 12.8 Å². The van der Waals surface area contributed by atoms with Crippen LogP contribution < -0.4 is 0 Å². The molecule has 2 unspecified atom stereocenters. The van der Waals surface area contributed by atoms with Gasteiger partial charge in [-0.3, -0.25) is 9.59 Å². The lowest BCUT2D eigenvalue weighted by Crippen LogP contribution is -2.50. The second-order valence-corrected chi connectivity index (χ2v) is 13.8. The maximum absolute atomic E-state index is 12.5. The van der Waals surface area contributed by atoms with Crippen molar-refractivity contribution in [2.45, 2.75) is 154 Å².